The van der Waals surface area contributed by atoms with Crippen LogP contribution in [0.1, 0.15) is 33.1 Å². The van der Waals surface area contributed by atoms with E-state index in [9.17, 15) is 4.79 Å². The zero-order chi connectivity index (χ0) is 15.8. The Morgan fingerprint density at radius 1 is 1.38 bits per heavy atom. The molecule has 0 aromatic rings. The molecule has 0 aromatic carbocycles. The number of ether oxygens (including phenoxy) is 1. The number of carbonyl (C=O) groups is 1. The topological polar surface area (TPSA) is 66.0 Å². The van der Waals surface area contributed by atoms with E-state index >= 15 is 0 Å². The maximum Gasteiger partial charge on any atom is 0.243 e. The average molecular weight is 298 g/mol. The van der Waals surface area contributed by atoms with E-state index < -0.39 is 0 Å². The van der Waals surface area contributed by atoms with E-state index in [0.717, 1.165) is 6.42 Å². The quantitative estimate of drug-likeness (QED) is 0.515. The molecular formula is C15H30N4O2. The van der Waals surface area contributed by atoms with Crippen LogP contribution in [0.2, 0.25) is 0 Å². The molecule has 6 nitrogen and oxygen atoms in total. The zero-order valence-corrected chi connectivity index (χ0v) is 14.0. The van der Waals surface area contributed by atoms with Gasteiger partial charge in [-0.25, -0.2) is 4.99 Å². The summed E-state index contributed by atoms with van der Waals surface area (Å²) in [5, 5.41) is 6.76. The van der Waals surface area contributed by atoms with Gasteiger partial charge < -0.3 is 20.3 Å². The number of amides is 1. The van der Waals surface area contributed by atoms with E-state index in [-0.39, 0.29) is 18.5 Å². The van der Waals surface area contributed by atoms with Crippen LogP contribution in [0.25, 0.3) is 0 Å². The third kappa shape index (κ3) is 6.80. The number of guanidine groups is 1. The highest BCUT2D eigenvalue weighted by Gasteiger charge is 2.31. The predicted molar refractivity (Wildman–Crippen MR) is 85.4 cm³/mol. The fraction of sp³-hybridized carbons (Fsp3) is 0.867. The van der Waals surface area contributed by atoms with Crippen molar-refractivity contribution in [2.75, 3.05) is 34.4 Å². The van der Waals surface area contributed by atoms with Crippen LogP contribution in [0, 0.1) is 5.92 Å². The monoisotopic (exact) mass is 298 g/mol. The second-order valence-corrected chi connectivity index (χ2v) is 5.95. The lowest BCUT2D eigenvalue weighted by molar-refractivity contribution is -0.127. The summed E-state index contributed by atoms with van der Waals surface area (Å²) < 4.78 is 5.28. The Bertz CT molecular complexity index is 354. The van der Waals surface area contributed by atoms with Gasteiger partial charge >= 0.3 is 0 Å². The molecule has 2 N–H and O–H groups in total. The maximum absolute atomic E-state index is 11.7. The molecule has 1 aliphatic rings. The Balaban J connectivity index is 2.65. The minimum Gasteiger partial charge on any atom is -0.383 e. The first kappa shape index (κ1) is 17.8. The summed E-state index contributed by atoms with van der Waals surface area (Å²) >= 11 is 0. The molecule has 6 heteroatoms. The number of hydrogen-bond donors (Lipinski definition) is 2. The minimum atomic E-state index is -0.00466. The number of likely N-dealkylation sites (N-methyl/N-ethyl adjacent to an activating group) is 1. The molecule has 1 amide bonds. The van der Waals surface area contributed by atoms with E-state index in [1.807, 2.05) is 0 Å². The summed E-state index contributed by atoms with van der Waals surface area (Å²) in [6.07, 6.45) is 3.46. The van der Waals surface area contributed by atoms with Crippen LogP contribution in [-0.2, 0) is 9.53 Å². The van der Waals surface area contributed by atoms with E-state index in [0.29, 0.717) is 24.5 Å². The summed E-state index contributed by atoms with van der Waals surface area (Å²) in [4.78, 5) is 17.7. The molecule has 0 bridgehead atoms. The van der Waals surface area contributed by atoms with Gasteiger partial charge in [0.25, 0.3) is 0 Å². The molecule has 1 saturated carbocycles. The van der Waals surface area contributed by atoms with E-state index in [1.165, 1.54) is 12.8 Å². The molecule has 0 radical (unpaired) electrons. The van der Waals surface area contributed by atoms with Gasteiger partial charge in [-0.05, 0) is 32.1 Å². The van der Waals surface area contributed by atoms with Crippen LogP contribution >= 0.6 is 0 Å². The molecule has 0 aliphatic heterocycles. The van der Waals surface area contributed by atoms with Gasteiger partial charge in [0.15, 0.2) is 5.96 Å². The van der Waals surface area contributed by atoms with Crippen molar-refractivity contribution >= 4 is 11.9 Å². The van der Waals surface area contributed by atoms with Gasteiger partial charge in [-0.1, -0.05) is 6.92 Å². The number of nitrogens with one attached hydrogen (secondary N) is 2. The Labute approximate surface area is 128 Å². The third-order valence-electron chi connectivity index (χ3n) is 3.73. The lowest BCUT2D eigenvalue weighted by Gasteiger charge is -2.23. The Morgan fingerprint density at radius 3 is 2.52 bits per heavy atom. The summed E-state index contributed by atoms with van der Waals surface area (Å²) in [5.41, 5.74) is 0. The highest BCUT2D eigenvalue weighted by Crippen LogP contribution is 2.32. The van der Waals surface area contributed by atoms with Crippen LogP contribution in [0.3, 0.4) is 0 Å². The maximum atomic E-state index is 11.7. The second kappa shape index (κ2) is 8.87. The highest BCUT2D eigenvalue weighted by molar-refractivity contribution is 5.85. The molecule has 1 fully saturated rings. The Morgan fingerprint density at radius 2 is 2.05 bits per heavy atom. The van der Waals surface area contributed by atoms with Crippen molar-refractivity contribution in [3.63, 3.8) is 0 Å². The Kier molecular flexibility index (Phi) is 7.50. The first-order chi connectivity index (χ1) is 9.97. The summed E-state index contributed by atoms with van der Waals surface area (Å²) in [6, 6.07) is 0.577. The number of methoxy groups -OCH3 is 1. The van der Waals surface area contributed by atoms with Crippen molar-refractivity contribution in [2.45, 2.75) is 45.2 Å². The van der Waals surface area contributed by atoms with Crippen LogP contribution in [0.15, 0.2) is 4.99 Å². The molecular weight excluding hydrogens is 268 g/mol. The van der Waals surface area contributed by atoms with Gasteiger partial charge in [0.2, 0.25) is 5.91 Å². The van der Waals surface area contributed by atoms with Crippen LogP contribution in [0.4, 0.5) is 0 Å². The molecule has 0 spiro atoms. The number of aliphatic imine (C=N–C) groups is 1. The highest BCUT2D eigenvalue weighted by atomic mass is 16.5. The summed E-state index contributed by atoms with van der Waals surface area (Å²) in [5.74, 6) is 1.35. The van der Waals surface area contributed by atoms with Crippen LogP contribution in [-0.4, -0.2) is 63.2 Å². The van der Waals surface area contributed by atoms with Crippen molar-refractivity contribution in [2.24, 2.45) is 10.9 Å². The zero-order valence-electron chi connectivity index (χ0n) is 14.0. The molecule has 2 unspecified atom stereocenters. The number of rotatable bonds is 8. The van der Waals surface area contributed by atoms with Crippen molar-refractivity contribution in [3.8, 4) is 0 Å². The average Bonchev–Trinajstić information content (AvgIpc) is 3.27. The van der Waals surface area contributed by atoms with Gasteiger partial charge in [-0.2, -0.15) is 0 Å². The van der Waals surface area contributed by atoms with Crippen molar-refractivity contribution in [1.82, 2.24) is 15.5 Å². The van der Waals surface area contributed by atoms with Gasteiger partial charge in [0.05, 0.1) is 12.6 Å². The van der Waals surface area contributed by atoms with Gasteiger partial charge in [-0.3, -0.25) is 4.79 Å². The molecule has 1 aliphatic carbocycles. The first-order valence-electron chi connectivity index (χ1n) is 7.74. The van der Waals surface area contributed by atoms with E-state index in [1.54, 1.807) is 26.1 Å². The smallest absolute Gasteiger partial charge is 0.243 e. The fourth-order valence-electron chi connectivity index (χ4n) is 1.91. The lowest BCUT2D eigenvalue weighted by atomic mass is 10.2. The molecule has 1 rings (SSSR count). The van der Waals surface area contributed by atoms with Gasteiger partial charge in [-0.15, -0.1) is 0 Å². The number of nitrogens with zero attached hydrogens (tertiary/aromatic N) is 2. The molecule has 21 heavy (non-hydrogen) atoms. The molecule has 0 aromatic heterocycles. The minimum absolute atomic E-state index is 0.00466. The lowest BCUT2D eigenvalue weighted by Crippen LogP contribution is -2.49. The van der Waals surface area contributed by atoms with Gasteiger partial charge in [0, 0.05) is 27.2 Å². The first-order valence-corrected chi connectivity index (χ1v) is 7.74. The standard InChI is InChI=1S/C15H30N4O2/c1-6-11(2)17-15(16-9-14(20)19(3)4)18-13(10-21-5)12-7-8-12/h11-13H,6-10H2,1-5H3,(H2,16,17,18). The predicted octanol–water partition coefficient (Wildman–Crippen LogP) is 0.833. The second-order valence-electron chi connectivity index (χ2n) is 5.95. The molecule has 2 atom stereocenters. The van der Waals surface area contributed by atoms with E-state index in [4.69, 9.17) is 4.74 Å². The molecule has 122 valence electrons. The fourth-order valence-corrected chi connectivity index (χ4v) is 1.91. The van der Waals surface area contributed by atoms with Crippen molar-refractivity contribution < 1.29 is 9.53 Å². The van der Waals surface area contributed by atoms with Crippen molar-refractivity contribution in [3.05, 3.63) is 0 Å². The summed E-state index contributed by atoms with van der Waals surface area (Å²) in [6.45, 7) is 5.04. The normalized spacial score (nSPS) is 18.0. The molecule has 0 saturated heterocycles. The van der Waals surface area contributed by atoms with Crippen molar-refractivity contribution in [1.29, 1.82) is 0 Å². The number of hydrogen-bond acceptors (Lipinski definition) is 3. The van der Waals surface area contributed by atoms with E-state index in [2.05, 4.69) is 29.5 Å². The van der Waals surface area contributed by atoms with Gasteiger partial charge in [0.1, 0.15) is 6.54 Å². The largest absolute Gasteiger partial charge is 0.383 e. The third-order valence-corrected chi connectivity index (χ3v) is 3.73. The number of carbonyl (C=O) groups excluding carboxylic acids is 1. The summed E-state index contributed by atoms with van der Waals surface area (Å²) in [7, 11) is 5.20. The van der Waals surface area contributed by atoms with Crippen LogP contribution < -0.4 is 10.6 Å². The molecule has 0 heterocycles. The van der Waals surface area contributed by atoms with Crippen LogP contribution in [0.5, 0.6) is 0 Å². The SMILES string of the molecule is CCC(C)NC(=NCC(=O)N(C)C)NC(COC)C1CC1. The Hall–Kier alpha value is -1.30.